The highest BCUT2D eigenvalue weighted by atomic mass is 32.2. The van der Waals surface area contributed by atoms with E-state index in [2.05, 4.69) is 34.5 Å². The molecule has 4 rings (SSSR count). The molecule has 0 unspecified atom stereocenters. The largest absolute Gasteiger partial charge is 0.494 e. The van der Waals surface area contributed by atoms with Crippen LogP contribution >= 0.6 is 11.8 Å². The quantitative estimate of drug-likeness (QED) is 0.275. The summed E-state index contributed by atoms with van der Waals surface area (Å²) in [5.74, 6) is -0.989. The van der Waals surface area contributed by atoms with E-state index in [1.807, 2.05) is 11.8 Å². The first-order valence-corrected chi connectivity index (χ1v) is 13.7. The number of aliphatic carboxylic acids is 2. The third-order valence-corrected chi connectivity index (χ3v) is 6.99. The second-order valence-corrected chi connectivity index (χ2v) is 9.91. The number of rotatable bonds is 10. The second kappa shape index (κ2) is 15.8. The summed E-state index contributed by atoms with van der Waals surface area (Å²) in [6, 6.07) is 15.2. The number of hydrogen-bond acceptors (Lipinski definition) is 6. The van der Waals surface area contributed by atoms with E-state index in [9.17, 15) is 14.0 Å². The van der Waals surface area contributed by atoms with Gasteiger partial charge in [0.25, 0.3) is 0 Å². The number of carbonyl (C=O) groups is 2. The van der Waals surface area contributed by atoms with Crippen LogP contribution in [-0.4, -0.2) is 64.5 Å². The number of hydrogen-bond donors (Lipinski definition) is 3. The van der Waals surface area contributed by atoms with Crippen molar-refractivity contribution in [2.75, 3.05) is 31.6 Å². The van der Waals surface area contributed by atoms with Crippen LogP contribution in [-0.2, 0) is 15.3 Å². The topological polar surface area (TPSA) is 111 Å². The standard InChI is InChI=1S/C24H30FN3OS.C4H4O4/c25-20-8-10-22(11-9-20)29-17-5-1-4-14-28-15-12-21(13-16-28)26-24-27-23-7-3-2-6-19(23)18-30-24;5-3(6)1-2-4(7)8/h2-3,6-11,21H,1,4-5,12-18H2,(H,26,27);1-2H,(H,5,6)(H,7,8)/b;2-1+. The van der Waals surface area contributed by atoms with Gasteiger partial charge in [-0.3, -0.25) is 4.99 Å². The number of ether oxygens (including phenoxy) is 1. The molecule has 0 bridgehead atoms. The molecule has 204 valence electrons. The van der Waals surface area contributed by atoms with E-state index in [1.165, 1.54) is 29.8 Å². The van der Waals surface area contributed by atoms with Gasteiger partial charge in [0.15, 0.2) is 5.17 Å². The van der Waals surface area contributed by atoms with Gasteiger partial charge in [-0.15, -0.1) is 0 Å². The molecule has 2 aromatic carbocycles. The first kappa shape index (κ1) is 29.2. The predicted octanol–water partition coefficient (Wildman–Crippen LogP) is 5.27. The van der Waals surface area contributed by atoms with Gasteiger partial charge in [0, 0.05) is 36.7 Å². The number of benzene rings is 2. The molecular weight excluding hydrogens is 509 g/mol. The van der Waals surface area contributed by atoms with Crippen LogP contribution < -0.4 is 10.1 Å². The zero-order valence-electron chi connectivity index (χ0n) is 21.2. The Hall–Kier alpha value is -3.37. The number of likely N-dealkylation sites (tertiary alicyclic amines) is 1. The molecule has 1 fully saturated rings. The third-order valence-electron chi connectivity index (χ3n) is 6.05. The smallest absolute Gasteiger partial charge is 0.328 e. The van der Waals surface area contributed by atoms with Gasteiger partial charge in [0.05, 0.1) is 12.6 Å². The molecule has 0 radical (unpaired) electrons. The number of halogens is 1. The molecule has 2 heterocycles. The van der Waals surface area contributed by atoms with Crippen LogP contribution in [0, 0.1) is 5.82 Å². The summed E-state index contributed by atoms with van der Waals surface area (Å²) in [5, 5.41) is 20.2. The molecule has 2 aromatic rings. The van der Waals surface area contributed by atoms with Crippen LogP contribution in [0.2, 0.25) is 0 Å². The summed E-state index contributed by atoms with van der Waals surface area (Å²) in [4.78, 5) is 26.7. The summed E-state index contributed by atoms with van der Waals surface area (Å²) in [7, 11) is 0. The Kier molecular flexibility index (Phi) is 12.1. The van der Waals surface area contributed by atoms with Crippen LogP contribution in [0.3, 0.4) is 0 Å². The van der Waals surface area contributed by atoms with Crippen molar-refractivity contribution in [2.24, 2.45) is 4.99 Å². The third kappa shape index (κ3) is 10.9. The molecule has 0 aliphatic carbocycles. The Morgan fingerprint density at radius 2 is 1.71 bits per heavy atom. The highest BCUT2D eigenvalue weighted by Gasteiger charge is 2.20. The number of nitrogens with zero attached hydrogens (tertiary/aromatic N) is 2. The van der Waals surface area contributed by atoms with Gasteiger partial charge >= 0.3 is 11.9 Å². The first-order chi connectivity index (χ1) is 18.4. The van der Waals surface area contributed by atoms with Crippen molar-refractivity contribution in [2.45, 2.75) is 43.9 Å². The minimum absolute atomic E-state index is 0.225. The molecule has 2 aliphatic rings. The van der Waals surface area contributed by atoms with Crippen LogP contribution in [0.1, 0.15) is 37.7 Å². The molecule has 0 atom stereocenters. The summed E-state index contributed by atoms with van der Waals surface area (Å²) < 4.78 is 18.5. The molecule has 3 N–H and O–H groups in total. The van der Waals surface area contributed by atoms with Crippen molar-refractivity contribution >= 4 is 34.6 Å². The molecule has 0 saturated carbocycles. The van der Waals surface area contributed by atoms with Crippen LogP contribution in [0.4, 0.5) is 10.1 Å². The normalized spacial score (nSPS) is 16.8. The van der Waals surface area contributed by atoms with E-state index in [1.54, 1.807) is 12.1 Å². The number of para-hydroxylation sites is 1. The Labute approximate surface area is 226 Å². The molecule has 8 nitrogen and oxygen atoms in total. The number of thioether (sulfide) groups is 1. The number of anilines is 1. The fourth-order valence-electron chi connectivity index (χ4n) is 4.05. The number of piperidine rings is 1. The lowest BCUT2D eigenvalue weighted by Gasteiger charge is -2.31. The summed E-state index contributed by atoms with van der Waals surface area (Å²) in [6.45, 7) is 4.11. The average molecular weight is 544 g/mol. The SMILES string of the molecule is Fc1ccc(OCCCCCN2CCC(N=C3Nc4ccccc4CS3)CC2)cc1.O=C(O)/C=C/C(=O)O. The van der Waals surface area contributed by atoms with Gasteiger partial charge in [0.2, 0.25) is 0 Å². The maximum Gasteiger partial charge on any atom is 0.328 e. The minimum atomic E-state index is -1.26. The molecule has 1 saturated heterocycles. The maximum atomic E-state index is 12.9. The number of fused-ring (bicyclic) bond motifs is 1. The van der Waals surface area contributed by atoms with Crippen molar-refractivity contribution in [1.29, 1.82) is 0 Å². The average Bonchev–Trinajstić information content (AvgIpc) is 2.92. The highest BCUT2D eigenvalue weighted by molar-refractivity contribution is 8.13. The fourth-order valence-corrected chi connectivity index (χ4v) is 5.00. The molecule has 0 aromatic heterocycles. The fraction of sp³-hybridized carbons (Fsp3) is 0.393. The van der Waals surface area contributed by atoms with E-state index in [0.29, 0.717) is 24.8 Å². The Morgan fingerprint density at radius 3 is 2.39 bits per heavy atom. The van der Waals surface area contributed by atoms with Crippen LogP contribution in [0.5, 0.6) is 5.75 Å². The number of carboxylic acids is 2. The Bertz CT molecular complexity index is 1090. The zero-order chi connectivity index (χ0) is 27.2. The first-order valence-electron chi connectivity index (χ1n) is 12.7. The van der Waals surface area contributed by atoms with Gasteiger partial charge in [-0.2, -0.15) is 0 Å². The molecule has 0 amide bonds. The molecular formula is C28H34FN3O5S. The lowest BCUT2D eigenvalue weighted by atomic mass is 10.1. The van der Waals surface area contributed by atoms with Gasteiger partial charge in [-0.05, 0) is 74.5 Å². The predicted molar refractivity (Wildman–Crippen MR) is 148 cm³/mol. The van der Waals surface area contributed by atoms with E-state index < -0.39 is 11.9 Å². The van der Waals surface area contributed by atoms with Gasteiger partial charge in [-0.25, -0.2) is 14.0 Å². The summed E-state index contributed by atoms with van der Waals surface area (Å²) in [6.07, 6.45) is 6.78. The number of nitrogens with one attached hydrogen (secondary N) is 1. The van der Waals surface area contributed by atoms with Crippen molar-refractivity contribution in [3.05, 3.63) is 72.1 Å². The van der Waals surface area contributed by atoms with Gasteiger partial charge in [-0.1, -0.05) is 30.0 Å². The van der Waals surface area contributed by atoms with Crippen LogP contribution in [0.25, 0.3) is 0 Å². The van der Waals surface area contributed by atoms with Crippen LogP contribution in [0.15, 0.2) is 65.7 Å². The number of aliphatic imine (C=N–C) groups is 1. The summed E-state index contributed by atoms with van der Waals surface area (Å²) >= 11 is 1.82. The van der Waals surface area contributed by atoms with Gasteiger partial charge < -0.3 is 25.2 Å². The zero-order valence-corrected chi connectivity index (χ0v) is 22.0. The van der Waals surface area contributed by atoms with Crippen molar-refractivity contribution < 1.29 is 28.9 Å². The van der Waals surface area contributed by atoms with E-state index in [0.717, 1.165) is 62.0 Å². The lowest BCUT2D eigenvalue weighted by Crippen LogP contribution is -2.36. The van der Waals surface area contributed by atoms with E-state index in [-0.39, 0.29) is 5.82 Å². The van der Waals surface area contributed by atoms with E-state index >= 15 is 0 Å². The lowest BCUT2D eigenvalue weighted by molar-refractivity contribution is -0.134. The Balaban J connectivity index is 0.000000436. The molecule has 38 heavy (non-hydrogen) atoms. The molecule has 10 heteroatoms. The highest BCUT2D eigenvalue weighted by Crippen LogP contribution is 2.29. The maximum absolute atomic E-state index is 12.9. The van der Waals surface area contributed by atoms with Crippen molar-refractivity contribution in [3.63, 3.8) is 0 Å². The monoisotopic (exact) mass is 543 g/mol. The number of unbranched alkanes of at least 4 members (excludes halogenated alkanes) is 2. The molecule has 2 aliphatic heterocycles. The number of amidine groups is 1. The number of carboxylic acid groups (broad SMARTS) is 2. The van der Waals surface area contributed by atoms with E-state index in [4.69, 9.17) is 19.9 Å². The van der Waals surface area contributed by atoms with Crippen molar-refractivity contribution in [1.82, 2.24) is 4.90 Å². The second-order valence-electron chi connectivity index (χ2n) is 8.95. The minimum Gasteiger partial charge on any atom is -0.494 e. The Morgan fingerprint density at radius 1 is 1.03 bits per heavy atom. The van der Waals surface area contributed by atoms with Gasteiger partial charge in [0.1, 0.15) is 11.6 Å². The molecule has 0 spiro atoms. The summed E-state index contributed by atoms with van der Waals surface area (Å²) in [5.41, 5.74) is 2.56. The van der Waals surface area contributed by atoms with Crippen molar-refractivity contribution in [3.8, 4) is 5.75 Å².